The van der Waals surface area contributed by atoms with Crippen molar-refractivity contribution in [2.24, 2.45) is 0 Å². The molecular weight excluding hydrogens is 264 g/mol. The fraction of sp³-hybridized carbons (Fsp3) is 0.462. The molecule has 1 rings (SSSR count). The van der Waals surface area contributed by atoms with Crippen LogP contribution in [-0.4, -0.2) is 28.0 Å². The average Bonchev–Trinajstić information content (AvgIpc) is 2.83. The summed E-state index contributed by atoms with van der Waals surface area (Å²) < 4.78 is 0. The molecule has 6 heteroatoms. The first-order valence-corrected chi connectivity index (χ1v) is 6.99. The van der Waals surface area contributed by atoms with E-state index >= 15 is 0 Å². The van der Waals surface area contributed by atoms with Gasteiger partial charge in [0.05, 0.1) is 11.2 Å². The number of aliphatic carboxylic acids is 1. The molecule has 0 spiro atoms. The van der Waals surface area contributed by atoms with Gasteiger partial charge in [-0.1, -0.05) is 19.1 Å². The van der Waals surface area contributed by atoms with E-state index < -0.39 is 12.0 Å². The number of allylic oxidation sites excluding steroid dienone is 1. The second-order valence-electron chi connectivity index (χ2n) is 4.04. The lowest BCUT2D eigenvalue weighted by atomic mass is 10.2. The minimum Gasteiger partial charge on any atom is -0.480 e. The molecule has 0 fully saturated rings. The Balaban J connectivity index is 2.67. The van der Waals surface area contributed by atoms with Crippen molar-refractivity contribution in [3.8, 4) is 0 Å². The number of carboxylic acids is 1. The van der Waals surface area contributed by atoms with Gasteiger partial charge in [-0.25, -0.2) is 9.78 Å². The van der Waals surface area contributed by atoms with Crippen LogP contribution >= 0.6 is 11.3 Å². The maximum Gasteiger partial charge on any atom is 0.326 e. The first kappa shape index (κ1) is 15.4. The topological polar surface area (TPSA) is 79.3 Å². The number of hydrogen-bond acceptors (Lipinski definition) is 4. The van der Waals surface area contributed by atoms with E-state index in [2.05, 4.69) is 10.3 Å². The van der Waals surface area contributed by atoms with E-state index in [1.807, 2.05) is 6.92 Å². The van der Waals surface area contributed by atoms with Crippen molar-refractivity contribution >= 4 is 23.2 Å². The normalized spacial score (nSPS) is 12.5. The molecule has 1 atom stereocenters. The monoisotopic (exact) mass is 282 g/mol. The molecule has 1 unspecified atom stereocenters. The van der Waals surface area contributed by atoms with Crippen LogP contribution in [0.3, 0.4) is 0 Å². The van der Waals surface area contributed by atoms with Crippen LogP contribution in [0.1, 0.15) is 41.4 Å². The summed E-state index contributed by atoms with van der Waals surface area (Å²) in [5.74, 6) is -1.42. The molecule has 0 saturated heterocycles. The molecule has 104 valence electrons. The third kappa shape index (κ3) is 4.82. The summed E-state index contributed by atoms with van der Waals surface area (Å²) in [6.45, 7) is 3.85. The van der Waals surface area contributed by atoms with Crippen LogP contribution < -0.4 is 5.32 Å². The lowest BCUT2D eigenvalue weighted by molar-refractivity contribution is -0.139. The van der Waals surface area contributed by atoms with Crippen molar-refractivity contribution in [2.45, 2.75) is 39.2 Å². The van der Waals surface area contributed by atoms with Crippen molar-refractivity contribution in [1.82, 2.24) is 10.3 Å². The molecule has 5 nitrogen and oxygen atoms in total. The molecule has 2 N–H and O–H groups in total. The average molecular weight is 282 g/mol. The highest BCUT2D eigenvalue weighted by molar-refractivity contribution is 7.13. The first-order chi connectivity index (χ1) is 9.08. The van der Waals surface area contributed by atoms with Crippen LogP contribution in [0, 0.1) is 0 Å². The molecule has 0 aliphatic heterocycles. The van der Waals surface area contributed by atoms with Crippen LogP contribution in [-0.2, 0) is 11.2 Å². The molecule has 1 amide bonds. The lowest BCUT2D eigenvalue weighted by Crippen LogP contribution is -2.40. The number of hydrogen-bond donors (Lipinski definition) is 2. The summed E-state index contributed by atoms with van der Waals surface area (Å²) in [6.07, 6.45) is 7.05. The van der Waals surface area contributed by atoms with E-state index in [9.17, 15) is 9.59 Å². The van der Waals surface area contributed by atoms with Gasteiger partial charge < -0.3 is 10.4 Å². The van der Waals surface area contributed by atoms with Gasteiger partial charge in [0.2, 0.25) is 0 Å². The zero-order valence-electron chi connectivity index (χ0n) is 11.0. The highest BCUT2D eigenvalue weighted by atomic mass is 32.1. The predicted molar refractivity (Wildman–Crippen MR) is 74.4 cm³/mol. The minimum atomic E-state index is -1.04. The standard InChI is InChI=1S/C13H18N2O3S/c1-3-5-7-9(13(17)18)15-12(16)10-8-14-11(19-10)6-4-2/h3,5,8-9H,4,6-7H2,1-2H3,(H,15,16)(H,17,18)/b5-3+. The van der Waals surface area contributed by atoms with E-state index in [0.29, 0.717) is 4.88 Å². The number of rotatable bonds is 7. The number of amides is 1. The van der Waals surface area contributed by atoms with Gasteiger partial charge in [-0.15, -0.1) is 11.3 Å². The predicted octanol–water partition coefficient (Wildman–Crippen LogP) is 2.24. The summed E-state index contributed by atoms with van der Waals surface area (Å²) in [5.41, 5.74) is 0. The Morgan fingerprint density at radius 2 is 2.32 bits per heavy atom. The van der Waals surface area contributed by atoms with E-state index in [4.69, 9.17) is 5.11 Å². The summed E-state index contributed by atoms with van der Waals surface area (Å²) in [7, 11) is 0. The number of aryl methyl sites for hydroxylation is 1. The van der Waals surface area contributed by atoms with E-state index in [1.165, 1.54) is 17.5 Å². The van der Waals surface area contributed by atoms with E-state index in [-0.39, 0.29) is 12.3 Å². The van der Waals surface area contributed by atoms with Gasteiger partial charge in [0.25, 0.3) is 5.91 Å². The van der Waals surface area contributed by atoms with Gasteiger partial charge in [0, 0.05) is 0 Å². The first-order valence-electron chi connectivity index (χ1n) is 6.18. The van der Waals surface area contributed by atoms with E-state index in [0.717, 1.165) is 17.8 Å². The van der Waals surface area contributed by atoms with Crippen LogP contribution in [0.25, 0.3) is 0 Å². The summed E-state index contributed by atoms with van der Waals surface area (Å²) in [4.78, 5) is 27.5. The fourth-order valence-electron chi connectivity index (χ4n) is 1.47. The number of carbonyl (C=O) groups is 2. The Morgan fingerprint density at radius 3 is 2.89 bits per heavy atom. The van der Waals surface area contributed by atoms with Crippen molar-refractivity contribution < 1.29 is 14.7 Å². The number of thiazole rings is 1. The number of nitrogens with one attached hydrogen (secondary N) is 1. The van der Waals surface area contributed by atoms with Crippen LogP contribution in [0.4, 0.5) is 0 Å². The second kappa shape index (κ2) is 7.68. The Kier molecular flexibility index (Phi) is 6.21. The second-order valence-corrected chi connectivity index (χ2v) is 5.15. The molecule has 0 aliphatic carbocycles. The quantitative estimate of drug-likeness (QED) is 0.752. The van der Waals surface area contributed by atoms with Crippen LogP contribution in [0.15, 0.2) is 18.3 Å². The van der Waals surface area contributed by atoms with Crippen molar-refractivity contribution in [3.63, 3.8) is 0 Å². The van der Waals surface area contributed by atoms with E-state index in [1.54, 1.807) is 19.1 Å². The summed E-state index contributed by atoms with van der Waals surface area (Å²) >= 11 is 1.31. The van der Waals surface area contributed by atoms with Crippen molar-refractivity contribution in [2.75, 3.05) is 0 Å². The molecule has 1 aromatic heterocycles. The Morgan fingerprint density at radius 1 is 1.58 bits per heavy atom. The smallest absolute Gasteiger partial charge is 0.326 e. The Bertz CT molecular complexity index is 468. The number of carbonyl (C=O) groups excluding carboxylic acids is 1. The van der Waals surface area contributed by atoms with Gasteiger partial charge in [-0.3, -0.25) is 4.79 Å². The van der Waals surface area contributed by atoms with Crippen LogP contribution in [0.5, 0.6) is 0 Å². The molecule has 0 aliphatic rings. The van der Waals surface area contributed by atoms with Gasteiger partial charge in [-0.2, -0.15) is 0 Å². The largest absolute Gasteiger partial charge is 0.480 e. The zero-order chi connectivity index (χ0) is 14.3. The number of carboxylic acid groups (broad SMARTS) is 1. The number of nitrogens with zero attached hydrogens (tertiary/aromatic N) is 1. The third-order valence-electron chi connectivity index (χ3n) is 2.45. The highest BCUT2D eigenvalue weighted by Gasteiger charge is 2.20. The van der Waals surface area contributed by atoms with Gasteiger partial charge >= 0.3 is 5.97 Å². The fourth-order valence-corrected chi connectivity index (χ4v) is 2.39. The lowest BCUT2D eigenvalue weighted by Gasteiger charge is -2.11. The maximum atomic E-state index is 11.9. The van der Waals surface area contributed by atoms with Crippen molar-refractivity contribution in [3.05, 3.63) is 28.2 Å². The molecule has 0 aromatic carbocycles. The summed E-state index contributed by atoms with van der Waals surface area (Å²) in [5, 5.41) is 12.4. The van der Waals surface area contributed by atoms with Crippen LogP contribution in [0.2, 0.25) is 0 Å². The van der Waals surface area contributed by atoms with Crippen molar-refractivity contribution in [1.29, 1.82) is 0 Å². The van der Waals surface area contributed by atoms with Gasteiger partial charge in [-0.05, 0) is 26.2 Å². The Hall–Kier alpha value is -1.69. The van der Waals surface area contributed by atoms with Gasteiger partial charge in [0.15, 0.2) is 0 Å². The number of aromatic nitrogens is 1. The molecule has 1 heterocycles. The maximum absolute atomic E-state index is 11.9. The molecule has 1 aromatic rings. The minimum absolute atomic E-state index is 0.276. The summed E-state index contributed by atoms with van der Waals surface area (Å²) in [6, 6.07) is -0.902. The molecule has 0 bridgehead atoms. The molecule has 0 saturated carbocycles. The molecule has 0 radical (unpaired) electrons. The highest BCUT2D eigenvalue weighted by Crippen LogP contribution is 2.14. The van der Waals surface area contributed by atoms with Gasteiger partial charge in [0.1, 0.15) is 10.9 Å². The molecular formula is C13H18N2O3S. The Labute approximate surface area is 116 Å². The zero-order valence-corrected chi connectivity index (χ0v) is 11.9. The SMILES string of the molecule is C/C=C/CC(NC(=O)c1cnc(CCC)s1)C(=O)O. The third-order valence-corrected chi connectivity index (χ3v) is 3.51. The molecule has 19 heavy (non-hydrogen) atoms.